The summed E-state index contributed by atoms with van der Waals surface area (Å²) in [7, 11) is -3.76. The Labute approximate surface area is 173 Å². The molecule has 0 unspecified atom stereocenters. The van der Waals surface area contributed by atoms with Crippen LogP contribution in [0.25, 0.3) is 11.3 Å². The van der Waals surface area contributed by atoms with E-state index < -0.39 is 10.0 Å². The minimum absolute atomic E-state index is 0.155. The number of aromatic nitrogens is 1. The molecule has 1 aromatic heterocycles. The lowest BCUT2D eigenvalue weighted by Crippen LogP contribution is -2.13. The Morgan fingerprint density at radius 2 is 1.52 bits per heavy atom. The number of rotatable bonds is 6. The zero-order valence-corrected chi connectivity index (χ0v) is 17.2. The molecule has 1 heterocycles. The fourth-order valence-electron chi connectivity index (χ4n) is 2.80. The van der Waals surface area contributed by atoms with Crippen molar-refractivity contribution in [2.24, 2.45) is 0 Å². The van der Waals surface area contributed by atoms with Gasteiger partial charge in [0, 0.05) is 10.9 Å². The highest BCUT2D eigenvalue weighted by Gasteiger charge is 2.17. The van der Waals surface area contributed by atoms with Crippen LogP contribution in [-0.4, -0.2) is 13.4 Å². The summed E-state index contributed by atoms with van der Waals surface area (Å²) in [6.45, 7) is 1.92. The molecule has 0 saturated carbocycles. The standard InChI is InChI=1S/C22H18N2O3S2/c1-16-23-22(15-28-16)20-9-5-6-10-21(20)24-29(25,26)19-13-11-18(12-14-19)27-17-7-3-2-4-8-17/h2-15,24H,1H3. The van der Waals surface area contributed by atoms with Gasteiger partial charge in [0.2, 0.25) is 0 Å². The van der Waals surface area contributed by atoms with Crippen molar-refractivity contribution >= 4 is 27.0 Å². The Kier molecular flexibility index (Phi) is 5.33. The van der Waals surface area contributed by atoms with Crippen LogP contribution in [0.2, 0.25) is 0 Å². The summed E-state index contributed by atoms with van der Waals surface area (Å²) in [4.78, 5) is 4.62. The lowest BCUT2D eigenvalue weighted by atomic mass is 10.1. The second-order valence-electron chi connectivity index (χ2n) is 6.29. The van der Waals surface area contributed by atoms with Gasteiger partial charge in [-0.2, -0.15) is 0 Å². The summed E-state index contributed by atoms with van der Waals surface area (Å²) in [5, 5.41) is 2.84. The van der Waals surface area contributed by atoms with E-state index in [0.29, 0.717) is 17.2 Å². The Bertz CT molecular complexity index is 1220. The van der Waals surface area contributed by atoms with Gasteiger partial charge in [0.1, 0.15) is 11.5 Å². The third-order valence-corrected chi connectivity index (χ3v) is 6.33. The number of nitrogens with zero attached hydrogens (tertiary/aromatic N) is 1. The zero-order valence-electron chi connectivity index (χ0n) is 15.6. The molecule has 1 N–H and O–H groups in total. The molecular weight excluding hydrogens is 404 g/mol. The van der Waals surface area contributed by atoms with Crippen molar-refractivity contribution in [3.8, 4) is 22.8 Å². The molecule has 0 spiro atoms. The number of anilines is 1. The maximum Gasteiger partial charge on any atom is 0.261 e. The molecule has 0 saturated heterocycles. The molecule has 4 aromatic rings. The highest BCUT2D eigenvalue weighted by Crippen LogP contribution is 2.31. The minimum Gasteiger partial charge on any atom is -0.457 e. The van der Waals surface area contributed by atoms with Gasteiger partial charge in [-0.15, -0.1) is 11.3 Å². The number of hydrogen-bond donors (Lipinski definition) is 1. The molecule has 0 amide bonds. The van der Waals surface area contributed by atoms with Crippen molar-refractivity contribution in [1.82, 2.24) is 4.98 Å². The monoisotopic (exact) mass is 422 g/mol. The van der Waals surface area contributed by atoms with Crippen molar-refractivity contribution in [3.05, 3.63) is 89.3 Å². The maximum absolute atomic E-state index is 12.9. The van der Waals surface area contributed by atoms with Gasteiger partial charge >= 0.3 is 0 Å². The maximum atomic E-state index is 12.9. The van der Waals surface area contributed by atoms with Crippen molar-refractivity contribution in [2.75, 3.05) is 4.72 Å². The van der Waals surface area contributed by atoms with Crippen LogP contribution in [0.5, 0.6) is 11.5 Å². The molecule has 0 aliphatic carbocycles. The number of ether oxygens (including phenoxy) is 1. The van der Waals surface area contributed by atoms with Gasteiger partial charge in [-0.25, -0.2) is 13.4 Å². The number of thiazole rings is 1. The van der Waals surface area contributed by atoms with Gasteiger partial charge in [-0.3, -0.25) is 4.72 Å². The Morgan fingerprint density at radius 1 is 0.862 bits per heavy atom. The van der Waals surface area contributed by atoms with Gasteiger partial charge in [0.15, 0.2) is 0 Å². The summed E-state index contributed by atoms with van der Waals surface area (Å²) >= 11 is 1.52. The van der Waals surface area contributed by atoms with E-state index in [2.05, 4.69) is 9.71 Å². The SMILES string of the molecule is Cc1nc(-c2ccccc2NS(=O)(=O)c2ccc(Oc3ccccc3)cc2)cs1. The van der Waals surface area contributed by atoms with Gasteiger partial charge in [-0.05, 0) is 49.4 Å². The molecule has 0 radical (unpaired) electrons. The Balaban J connectivity index is 1.57. The molecule has 146 valence electrons. The molecule has 7 heteroatoms. The average Bonchev–Trinajstić information content (AvgIpc) is 3.15. The number of para-hydroxylation sites is 2. The van der Waals surface area contributed by atoms with Crippen molar-refractivity contribution in [2.45, 2.75) is 11.8 Å². The minimum atomic E-state index is -3.76. The summed E-state index contributed by atoms with van der Waals surface area (Å²) in [5.74, 6) is 1.25. The molecule has 29 heavy (non-hydrogen) atoms. The van der Waals surface area contributed by atoms with Crippen LogP contribution >= 0.6 is 11.3 Å². The van der Waals surface area contributed by atoms with E-state index in [9.17, 15) is 8.42 Å². The number of hydrogen-bond acceptors (Lipinski definition) is 5. The molecule has 3 aromatic carbocycles. The lowest BCUT2D eigenvalue weighted by molar-refractivity contribution is 0.482. The highest BCUT2D eigenvalue weighted by molar-refractivity contribution is 7.92. The van der Waals surface area contributed by atoms with Gasteiger partial charge in [-0.1, -0.05) is 36.4 Å². The predicted octanol–water partition coefficient (Wildman–Crippen LogP) is 5.71. The van der Waals surface area contributed by atoms with E-state index in [0.717, 1.165) is 16.3 Å². The van der Waals surface area contributed by atoms with E-state index in [1.807, 2.05) is 54.8 Å². The van der Waals surface area contributed by atoms with Crippen molar-refractivity contribution in [1.29, 1.82) is 0 Å². The fraction of sp³-hybridized carbons (Fsp3) is 0.0455. The topological polar surface area (TPSA) is 68.3 Å². The third-order valence-electron chi connectivity index (χ3n) is 4.18. The van der Waals surface area contributed by atoms with Crippen LogP contribution < -0.4 is 9.46 Å². The molecule has 0 aliphatic rings. The molecule has 0 aliphatic heterocycles. The number of benzene rings is 3. The Hall–Kier alpha value is -3.16. The smallest absolute Gasteiger partial charge is 0.261 e. The largest absolute Gasteiger partial charge is 0.457 e. The van der Waals surface area contributed by atoms with Crippen molar-refractivity contribution in [3.63, 3.8) is 0 Å². The average molecular weight is 423 g/mol. The third kappa shape index (κ3) is 4.47. The molecule has 0 fully saturated rings. The summed E-state index contributed by atoms with van der Waals surface area (Å²) < 4.78 is 34.2. The summed E-state index contributed by atoms with van der Waals surface area (Å²) in [6, 6.07) is 22.9. The van der Waals surface area contributed by atoms with Crippen molar-refractivity contribution < 1.29 is 13.2 Å². The molecule has 5 nitrogen and oxygen atoms in total. The molecule has 0 atom stereocenters. The van der Waals surface area contributed by atoms with E-state index >= 15 is 0 Å². The van der Waals surface area contributed by atoms with Crippen LogP contribution in [0.1, 0.15) is 5.01 Å². The first kappa shape index (κ1) is 19.2. The van der Waals surface area contributed by atoms with Crippen LogP contribution in [0.4, 0.5) is 5.69 Å². The second kappa shape index (κ2) is 8.06. The summed E-state index contributed by atoms with van der Waals surface area (Å²) in [5.41, 5.74) is 1.98. The normalized spacial score (nSPS) is 11.2. The van der Waals surface area contributed by atoms with E-state index in [-0.39, 0.29) is 4.90 Å². The van der Waals surface area contributed by atoms with Crippen LogP contribution in [0.15, 0.2) is 89.1 Å². The van der Waals surface area contributed by atoms with Crippen LogP contribution in [0.3, 0.4) is 0 Å². The first-order valence-corrected chi connectivity index (χ1v) is 11.2. The summed E-state index contributed by atoms with van der Waals surface area (Å²) in [6.07, 6.45) is 0. The van der Waals surface area contributed by atoms with E-state index in [1.54, 1.807) is 24.3 Å². The van der Waals surface area contributed by atoms with E-state index in [4.69, 9.17) is 4.74 Å². The second-order valence-corrected chi connectivity index (χ2v) is 9.03. The van der Waals surface area contributed by atoms with Gasteiger partial charge in [0.25, 0.3) is 10.0 Å². The highest BCUT2D eigenvalue weighted by atomic mass is 32.2. The Morgan fingerprint density at radius 3 is 2.21 bits per heavy atom. The predicted molar refractivity (Wildman–Crippen MR) is 116 cm³/mol. The fourth-order valence-corrected chi connectivity index (χ4v) is 4.49. The first-order valence-electron chi connectivity index (χ1n) is 8.88. The number of nitrogens with one attached hydrogen (secondary N) is 1. The van der Waals surface area contributed by atoms with Crippen LogP contribution in [-0.2, 0) is 10.0 Å². The van der Waals surface area contributed by atoms with Gasteiger partial charge in [0.05, 0.1) is 21.3 Å². The van der Waals surface area contributed by atoms with Gasteiger partial charge < -0.3 is 4.74 Å². The molecule has 0 bridgehead atoms. The lowest BCUT2D eigenvalue weighted by Gasteiger charge is -2.12. The number of sulfonamides is 1. The number of aryl methyl sites for hydroxylation is 1. The zero-order chi connectivity index (χ0) is 20.3. The quantitative estimate of drug-likeness (QED) is 0.432. The van der Waals surface area contributed by atoms with E-state index in [1.165, 1.54) is 23.5 Å². The molecule has 4 rings (SSSR count). The molecular formula is C22H18N2O3S2. The van der Waals surface area contributed by atoms with Crippen LogP contribution in [0, 0.1) is 6.92 Å². The first-order chi connectivity index (χ1) is 14.0.